The number of aryl methyl sites for hydroxylation is 1. The minimum Gasteiger partial charge on any atom is -0.309 e. The highest BCUT2D eigenvalue weighted by Gasteiger charge is 2.40. The molecule has 0 aliphatic carbocycles. The van der Waals surface area contributed by atoms with Crippen molar-refractivity contribution in [3.05, 3.63) is 29.6 Å². The molecule has 0 bridgehead atoms. The lowest BCUT2D eigenvalue weighted by Crippen LogP contribution is -2.53. The smallest absolute Gasteiger partial charge is 0.0522 e. The van der Waals surface area contributed by atoms with Crippen LogP contribution in [0.2, 0.25) is 0 Å². The van der Waals surface area contributed by atoms with Gasteiger partial charge >= 0.3 is 0 Å². The first-order chi connectivity index (χ1) is 9.63. The van der Waals surface area contributed by atoms with Gasteiger partial charge in [-0.2, -0.15) is 0 Å². The molecule has 2 atom stereocenters. The zero-order chi connectivity index (χ0) is 14.6. The number of pyridine rings is 1. The second-order valence-electron chi connectivity index (χ2n) is 6.13. The summed E-state index contributed by atoms with van der Waals surface area (Å²) in [4.78, 5) is 7.04. The van der Waals surface area contributed by atoms with Crippen molar-refractivity contribution in [2.45, 2.75) is 58.5 Å². The quantitative estimate of drug-likeness (QED) is 0.863. The van der Waals surface area contributed by atoms with Crippen LogP contribution in [-0.4, -0.2) is 35.1 Å². The molecule has 1 aromatic rings. The molecule has 1 N–H and O–H groups in total. The van der Waals surface area contributed by atoms with Crippen molar-refractivity contribution in [1.29, 1.82) is 0 Å². The summed E-state index contributed by atoms with van der Waals surface area (Å²) >= 11 is 0. The summed E-state index contributed by atoms with van der Waals surface area (Å²) in [6, 6.07) is 2.48. The van der Waals surface area contributed by atoms with Crippen LogP contribution in [0.15, 0.2) is 18.5 Å². The standard InChI is InChI=1S/C17H29N3/c1-5-17(4,20-11-7-8-12-20)16(19-6-2)15-13-18-10-9-14(15)3/h9-10,13,16,19H,5-8,11-12H2,1-4H3. The summed E-state index contributed by atoms with van der Waals surface area (Å²) in [5.41, 5.74) is 2.86. The molecule has 0 aromatic carbocycles. The van der Waals surface area contributed by atoms with Crippen LogP contribution in [0, 0.1) is 6.92 Å². The predicted octanol–water partition coefficient (Wildman–Crippen LogP) is 3.31. The molecule has 3 nitrogen and oxygen atoms in total. The van der Waals surface area contributed by atoms with Crippen molar-refractivity contribution in [3.63, 3.8) is 0 Å². The first kappa shape index (κ1) is 15.5. The first-order valence-corrected chi connectivity index (χ1v) is 8.02. The van der Waals surface area contributed by atoms with Gasteiger partial charge in [0.2, 0.25) is 0 Å². The monoisotopic (exact) mass is 275 g/mol. The van der Waals surface area contributed by atoms with Crippen molar-refractivity contribution in [2.24, 2.45) is 0 Å². The zero-order valence-corrected chi connectivity index (χ0v) is 13.4. The van der Waals surface area contributed by atoms with Crippen molar-refractivity contribution in [1.82, 2.24) is 15.2 Å². The van der Waals surface area contributed by atoms with Crippen LogP contribution in [0.25, 0.3) is 0 Å². The predicted molar refractivity (Wildman–Crippen MR) is 84.9 cm³/mol. The number of likely N-dealkylation sites (N-methyl/N-ethyl adjacent to an activating group) is 1. The normalized spacial score (nSPS) is 20.8. The third kappa shape index (κ3) is 2.89. The van der Waals surface area contributed by atoms with Crippen LogP contribution in [0.5, 0.6) is 0 Å². The SMILES string of the molecule is CCNC(c1cnccc1C)C(C)(CC)N1CCCC1. The lowest BCUT2D eigenvalue weighted by atomic mass is 9.82. The molecule has 1 aliphatic rings. The molecule has 112 valence electrons. The van der Waals surface area contributed by atoms with E-state index in [1.54, 1.807) is 0 Å². The maximum Gasteiger partial charge on any atom is 0.0522 e. The Morgan fingerprint density at radius 3 is 2.60 bits per heavy atom. The van der Waals surface area contributed by atoms with Gasteiger partial charge in [0.25, 0.3) is 0 Å². The molecule has 0 saturated carbocycles. The number of aromatic nitrogens is 1. The Labute approximate surface area is 123 Å². The van der Waals surface area contributed by atoms with Crippen LogP contribution >= 0.6 is 0 Å². The molecular formula is C17H29N3. The average molecular weight is 275 g/mol. The number of nitrogens with zero attached hydrogens (tertiary/aromatic N) is 2. The summed E-state index contributed by atoms with van der Waals surface area (Å²) in [5, 5.41) is 3.73. The molecule has 20 heavy (non-hydrogen) atoms. The number of hydrogen-bond donors (Lipinski definition) is 1. The van der Waals surface area contributed by atoms with Gasteiger partial charge in [0.15, 0.2) is 0 Å². The van der Waals surface area contributed by atoms with E-state index in [-0.39, 0.29) is 5.54 Å². The molecule has 3 heteroatoms. The molecule has 2 rings (SSSR count). The van der Waals surface area contributed by atoms with Crippen LogP contribution in [0.4, 0.5) is 0 Å². The Kier molecular flexibility index (Phi) is 5.17. The lowest BCUT2D eigenvalue weighted by molar-refractivity contribution is 0.0842. The van der Waals surface area contributed by atoms with Crippen LogP contribution in [0.3, 0.4) is 0 Å². The van der Waals surface area contributed by atoms with E-state index in [2.05, 4.69) is 49.0 Å². The van der Waals surface area contributed by atoms with Gasteiger partial charge in [-0.3, -0.25) is 9.88 Å². The van der Waals surface area contributed by atoms with Gasteiger partial charge in [0, 0.05) is 17.9 Å². The topological polar surface area (TPSA) is 28.2 Å². The average Bonchev–Trinajstić information content (AvgIpc) is 3.00. The van der Waals surface area contributed by atoms with E-state index in [0.29, 0.717) is 6.04 Å². The maximum absolute atomic E-state index is 4.36. The summed E-state index contributed by atoms with van der Waals surface area (Å²) in [6.45, 7) is 12.6. The summed E-state index contributed by atoms with van der Waals surface area (Å²) in [7, 11) is 0. The number of rotatable bonds is 6. The first-order valence-electron chi connectivity index (χ1n) is 8.02. The van der Waals surface area contributed by atoms with Gasteiger partial charge in [-0.1, -0.05) is 13.8 Å². The highest BCUT2D eigenvalue weighted by atomic mass is 15.2. The summed E-state index contributed by atoms with van der Waals surface area (Å²) < 4.78 is 0. The van der Waals surface area contributed by atoms with E-state index < -0.39 is 0 Å². The minimum absolute atomic E-state index is 0.167. The zero-order valence-electron chi connectivity index (χ0n) is 13.4. The second kappa shape index (κ2) is 6.68. The van der Waals surface area contributed by atoms with E-state index in [0.717, 1.165) is 13.0 Å². The molecular weight excluding hydrogens is 246 g/mol. The van der Waals surface area contributed by atoms with Gasteiger partial charge in [-0.05, 0) is 69.9 Å². The van der Waals surface area contributed by atoms with Crippen LogP contribution in [-0.2, 0) is 0 Å². The van der Waals surface area contributed by atoms with E-state index in [4.69, 9.17) is 0 Å². The highest BCUT2D eigenvalue weighted by molar-refractivity contribution is 5.28. The largest absolute Gasteiger partial charge is 0.309 e. The molecule has 0 amide bonds. The van der Waals surface area contributed by atoms with Gasteiger partial charge in [0.05, 0.1) is 6.04 Å². The Hall–Kier alpha value is -0.930. The number of hydrogen-bond acceptors (Lipinski definition) is 3. The van der Waals surface area contributed by atoms with Crippen molar-refractivity contribution < 1.29 is 0 Å². The van der Waals surface area contributed by atoms with E-state index in [1.165, 1.54) is 37.1 Å². The number of likely N-dealkylation sites (tertiary alicyclic amines) is 1. The lowest BCUT2D eigenvalue weighted by Gasteiger charge is -2.45. The van der Waals surface area contributed by atoms with E-state index in [9.17, 15) is 0 Å². The Balaban J connectivity index is 2.37. The van der Waals surface area contributed by atoms with E-state index >= 15 is 0 Å². The molecule has 1 aliphatic heterocycles. The molecule has 1 fully saturated rings. The Morgan fingerprint density at radius 2 is 2.05 bits per heavy atom. The Morgan fingerprint density at radius 1 is 1.35 bits per heavy atom. The Bertz CT molecular complexity index is 426. The summed E-state index contributed by atoms with van der Waals surface area (Å²) in [6.07, 6.45) is 7.76. The van der Waals surface area contributed by atoms with Crippen LogP contribution in [0.1, 0.15) is 57.2 Å². The van der Waals surface area contributed by atoms with Crippen molar-refractivity contribution in [2.75, 3.05) is 19.6 Å². The third-order valence-corrected chi connectivity index (χ3v) is 4.96. The molecule has 0 radical (unpaired) electrons. The van der Waals surface area contributed by atoms with E-state index in [1.807, 2.05) is 12.4 Å². The number of nitrogens with one attached hydrogen (secondary N) is 1. The molecule has 1 saturated heterocycles. The fourth-order valence-corrected chi connectivity index (χ4v) is 3.49. The molecule has 2 heterocycles. The minimum atomic E-state index is 0.167. The maximum atomic E-state index is 4.36. The van der Waals surface area contributed by atoms with Crippen LogP contribution < -0.4 is 5.32 Å². The van der Waals surface area contributed by atoms with Gasteiger partial charge in [-0.15, -0.1) is 0 Å². The third-order valence-electron chi connectivity index (χ3n) is 4.96. The van der Waals surface area contributed by atoms with Gasteiger partial charge < -0.3 is 5.32 Å². The van der Waals surface area contributed by atoms with Gasteiger partial charge in [0.1, 0.15) is 0 Å². The fraction of sp³-hybridized carbons (Fsp3) is 0.706. The molecule has 0 spiro atoms. The van der Waals surface area contributed by atoms with Gasteiger partial charge in [-0.25, -0.2) is 0 Å². The fourth-order valence-electron chi connectivity index (χ4n) is 3.49. The molecule has 1 aromatic heterocycles. The molecule has 2 unspecified atom stereocenters. The summed E-state index contributed by atoms with van der Waals surface area (Å²) in [5.74, 6) is 0. The van der Waals surface area contributed by atoms with Crippen molar-refractivity contribution in [3.8, 4) is 0 Å². The highest BCUT2D eigenvalue weighted by Crippen LogP contribution is 2.37. The second-order valence-corrected chi connectivity index (χ2v) is 6.13. The van der Waals surface area contributed by atoms with Crippen molar-refractivity contribution >= 4 is 0 Å².